The SMILES string of the molecule is CCCCCCC(CC)CCNC(C)CCCCCCCC(C(C)C)C1CCCC1. The van der Waals surface area contributed by atoms with Gasteiger partial charge in [-0.1, -0.05) is 124 Å². The summed E-state index contributed by atoms with van der Waals surface area (Å²) in [4.78, 5) is 0. The van der Waals surface area contributed by atoms with Crippen LogP contribution in [0.25, 0.3) is 0 Å². The Morgan fingerprint density at radius 2 is 1.30 bits per heavy atom. The van der Waals surface area contributed by atoms with Crippen LogP contribution in [-0.4, -0.2) is 12.6 Å². The van der Waals surface area contributed by atoms with Gasteiger partial charge in [-0.3, -0.25) is 0 Å². The largest absolute Gasteiger partial charge is 0.314 e. The Hall–Kier alpha value is -0.0400. The van der Waals surface area contributed by atoms with Gasteiger partial charge in [-0.15, -0.1) is 0 Å². The second kappa shape index (κ2) is 18.5. The number of nitrogens with one attached hydrogen (secondary N) is 1. The average molecular weight is 422 g/mol. The maximum Gasteiger partial charge on any atom is 0.00387 e. The molecule has 0 spiro atoms. The molecule has 3 atom stereocenters. The van der Waals surface area contributed by atoms with Crippen LogP contribution in [-0.2, 0) is 0 Å². The standard InChI is InChI=1S/C29H59N/c1-6-8-9-14-19-27(7-2)23-24-30-26(5)18-13-11-10-12-15-22-29(25(3)4)28-20-16-17-21-28/h25-30H,6-24H2,1-5H3. The van der Waals surface area contributed by atoms with Crippen molar-refractivity contribution in [1.82, 2.24) is 5.32 Å². The summed E-state index contributed by atoms with van der Waals surface area (Å²) >= 11 is 0. The topological polar surface area (TPSA) is 12.0 Å². The molecular weight excluding hydrogens is 362 g/mol. The van der Waals surface area contributed by atoms with Gasteiger partial charge in [-0.2, -0.15) is 0 Å². The molecule has 1 nitrogen and oxygen atoms in total. The Morgan fingerprint density at radius 1 is 0.700 bits per heavy atom. The molecule has 1 fully saturated rings. The van der Waals surface area contributed by atoms with Gasteiger partial charge < -0.3 is 5.32 Å². The molecule has 0 heterocycles. The third-order valence-electron chi connectivity index (χ3n) is 8.12. The maximum absolute atomic E-state index is 3.81. The molecule has 1 saturated carbocycles. The fourth-order valence-electron chi connectivity index (χ4n) is 5.91. The molecule has 3 unspecified atom stereocenters. The first-order valence-electron chi connectivity index (χ1n) is 14.3. The van der Waals surface area contributed by atoms with Crippen molar-refractivity contribution < 1.29 is 0 Å². The molecule has 0 aromatic carbocycles. The summed E-state index contributed by atoms with van der Waals surface area (Å²) in [7, 11) is 0. The van der Waals surface area contributed by atoms with Crippen LogP contribution in [0.1, 0.15) is 150 Å². The van der Waals surface area contributed by atoms with E-state index >= 15 is 0 Å². The minimum Gasteiger partial charge on any atom is -0.314 e. The van der Waals surface area contributed by atoms with Gasteiger partial charge in [0.05, 0.1) is 0 Å². The summed E-state index contributed by atoms with van der Waals surface area (Å²) in [6.45, 7) is 13.2. The van der Waals surface area contributed by atoms with E-state index in [1.165, 1.54) is 122 Å². The number of hydrogen-bond donors (Lipinski definition) is 1. The molecule has 180 valence electrons. The summed E-state index contributed by atoms with van der Waals surface area (Å²) in [6.07, 6.45) is 26.0. The Balaban J connectivity index is 1.97. The normalized spacial score (nSPS) is 18.2. The monoisotopic (exact) mass is 421 g/mol. The van der Waals surface area contributed by atoms with Crippen molar-refractivity contribution in [1.29, 1.82) is 0 Å². The molecule has 30 heavy (non-hydrogen) atoms. The molecule has 1 aliphatic rings. The van der Waals surface area contributed by atoms with Crippen molar-refractivity contribution in [3.05, 3.63) is 0 Å². The minimum atomic E-state index is 0.704. The van der Waals surface area contributed by atoms with Gasteiger partial charge >= 0.3 is 0 Å². The lowest BCUT2D eigenvalue weighted by molar-refractivity contribution is 0.233. The zero-order chi connectivity index (χ0) is 22.0. The summed E-state index contributed by atoms with van der Waals surface area (Å²) in [6, 6.07) is 0.704. The highest BCUT2D eigenvalue weighted by molar-refractivity contribution is 4.77. The van der Waals surface area contributed by atoms with Crippen LogP contribution in [0.15, 0.2) is 0 Å². The summed E-state index contributed by atoms with van der Waals surface area (Å²) in [5.74, 6) is 3.90. The van der Waals surface area contributed by atoms with Crippen LogP contribution in [0.3, 0.4) is 0 Å². The van der Waals surface area contributed by atoms with Crippen molar-refractivity contribution in [2.24, 2.45) is 23.7 Å². The quantitative estimate of drug-likeness (QED) is 0.193. The first-order chi connectivity index (χ1) is 14.6. The van der Waals surface area contributed by atoms with Gasteiger partial charge in [0.1, 0.15) is 0 Å². The van der Waals surface area contributed by atoms with E-state index in [4.69, 9.17) is 0 Å². The van der Waals surface area contributed by atoms with Gasteiger partial charge in [-0.25, -0.2) is 0 Å². The van der Waals surface area contributed by atoms with E-state index in [1.807, 2.05) is 0 Å². The minimum absolute atomic E-state index is 0.704. The van der Waals surface area contributed by atoms with Crippen molar-refractivity contribution in [2.75, 3.05) is 6.54 Å². The highest BCUT2D eigenvalue weighted by atomic mass is 14.9. The molecule has 1 rings (SSSR count). The van der Waals surface area contributed by atoms with E-state index in [0.29, 0.717) is 6.04 Å². The lowest BCUT2D eigenvalue weighted by atomic mass is 9.79. The zero-order valence-electron chi connectivity index (χ0n) is 21.8. The van der Waals surface area contributed by atoms with E-state index in [1.54, 1.807) is 0 Å². The molecule has 0 radical (unpaired) electrons. The molecule has 0 aliphatic heterocycles. The van der Waals surface area contributed by atoms with E-state index < -0.39 is 0 Å². The molecule has 1 heteroatoms. The summed E-state index contributed by atoms with van der Waals surface area (Å²) in [5.41, 5.74) is 0. The highest BCUT2D eigenvalue weighted by Gasteiger charge is 2.26. The Morgan fingerprint density at radius 3 is 1.93 bits per heavy atom. The van der Waals surface area contributed by atoms with Crippen molar-refractivity contribution in [3.8, 4) is 0 Å². The second-order valence-corrected chi connectivity index (χ2v) is 11.1. The lowest BCUT2D eigenvalue weighted by Crippen LogP contribution is -2.28. The van der Waals surface area contributed by atoms with Gasteiger partial charge in [0.15, 0.2) is 0 Å². The Bertz CT molecular complexity index is 357. The first kappa shape index (κ1) is 28.0. The third kappa shape index (κ3) is 13.4. The van der Waals surface area contributed by atoms with E-state index in [0.717, 1.165) is 23.7 Å². The second-order valence-electron chi connectivity index (χ2n) is 11.1. The fraction of sp³-hybridized carbons (Fsp3) is 1.00. The molecule has 0 bridgehead atoms. The van der Waals surface area contributed by atoms with Crippen LogP contribution >= 0.6 is 0 Å². The predicted octanol–water partition coefficient (Wildman–Crippen LogP) is 9.54. The van der Waals surface area contributed by atoms with Gasteiger partial charge in [0.2, 0.25) is 0 Å². The average Bonchev–Trinajstić information content (AvgIpc) is 3.25. The van der Waals surface area contributed by atoms with Crippen LogP contribution in [0.4, 0.5) is 0 Å². The number of hydrogen-bond acceptors (Lipinski definition) is 1. The van der Waals surface area contributed by atoms with Crippen molar-refractivity contribution in [2.45, 2.75) is 156 Å². The summed E-state index contributed by atoms with van der Waals surface area (Å²) < 4.78 is 0. The smallest absolute Gasteiger partial charge is 0.00387 e. The van der Waals surface area contributed by atoms with Crippen LogP contribution in [0.5, 0.6) is 0 Å². The zero-order valence-corrected chi connectivity index (χ0v) is 21.8. The highest BCUT2D eigenvalue weighted by Crippen LogP contribution is 2.38. The fourth-order valence-corrected chi connectivity index (χ4v) is 5.91. The Labute approximate surface area is 192 Å². The van der Waals surface area contributed by atoms with Gasteiger partial charge in [0, 0.05) is 6.04 Å². The van der Waals surface area contributed by atoms with Crippen LogP contribution in [0.2, 0.25) is 0 Å². The third-order valence-corrected chi connectivity index (χ3v) is 8.12. The summed E-state index contributed by atoms with van der Waals surface area (Å²) in [5, 5.41) is 3.81. The van der Waals surface area contributed by atoms with Gasteiger partial charge in [-0.05, 0) is 56.4 Å². The van der Waals surface area contributed by atoms with Crippen LogP contribution < -0.4 is 5.32 Å². The maximum atomic E-state index is 3.81. The predicted molar refractivity (Wildman–Crippen MR) is 137 cm³/mol. The van der Waals surface area contributed by atoms with Crippen molar-refractivity contribution in [3.63, 3.8) is 0 Å². The number of unbranched alkanes of at least 4 members (excludes halogenated alkanes) is 7. The molecular formula is C29H59N. The van der Waals surface area contributed by atoms with Crippen LogP contribution in [0, 0.1) is 23.7 Å². The van der Waals surface area contributed by atoms with E-state index in [-0.39, 0.29) is 0 Å². The molecule has 0 aromatic rings. The molecule has 0 saturated heterocycles. The molecule has 0 amide bonds. The van der Waals surface area contributed by atoms with Crippen molar-refractivity contribution >= 4 is 0 Å². The van der Waals surface area contributed by atoms with E-state index in [9.17, 15) is 0 Å². The molecule has 1 aliphatic carbocycles. The number of rotatable bonds is 20. The molecule has 1 N–H and O–H groups in total. The molecule has 0 aromatic heterocycles. The van der Waals surface area contributed by atoms with Gasteiger partial charge in [0.25, 0.3) is 0 Å². The Kier molecular flexibility index (Phi) is 17.3. The first-order valence-corrected chi connectivity index (χ1v) is 14.3. The van der Waals surface area contributed by atoms with E-state index in [2.05, 4.69) is 39.9 Å². The lowest BCUT2D eigenvalue weighted by Gasteiger charge is -2.27.